The molecule has 8 nitrogen and oxygen atoms in total. The molecule has 0 saturated heterocycles. The van der Waals surface area contributed by atoms with Gasteiger partial charge >= 0.3 is 0 Å². The van der Waals surface area contributed by atoms with Gasteiger partial charge in [-0.2, -0.15) is 10.4 Å². The minimum Gasteiger partial charge on any atom is -0.292 e. The fraction of sp³-hybridized carbons (Fsp3) is 0.0690. The molecule has 0 aliphatic carbocycles. The molecule has 0 saturated carbocycles. The second-order valence-corrected chi connectivity index (χ2v) is 9.35. The van der Waals surface area contributed by atoms with E-state index in [1.54, 1.807) is 37.3 Å². The third kappa shape index (κ3) is 5.60. The summed E-state index contributed by atoms with van der Waals surface area (Å²) < 4.78 is 0. The first-order valence-corrected chi connectivity index (χ1v) is 12.6. The lowest BCUT2D eigenvalue weighted by molar-refractivity contribution is -0.116. The zero-order chi connectivity index (χ0) is 27.4. The summed E-state index contributed by atoms with van der Waals surface area (Å²) in [6.45, 7) is 1.74. The van der Waals surface area contributed by atoms with Gasteiger partial charge in [0.25, 0.3) is 0 Å². The number of aryl methyl sites for hydroxylation is 1. The molecule has 3 aromatic carbocycles. The van der Waals surface area contributed by atoms with Crippen LogP contribution in [0.2, 0.25) is 10.0 Å². The van der Waals surface area contributed by atoms with Crippen LogP contribution in [0, 0.1) is 18.3 Å². The van der Waals surface area contributed by atoms with Crippen molar-refractivity contribution in [1.82, 2.24) is 25.4 Å². The molecule has 0 spiro atoms. The molecule has 5 rings (SSSR count). The van der Waals surface area contributed by atoms with Crippen molar-refractivity contribution in [2.75, 3.05) is 5.32 Å². The lowest BCUT2D eigenvalue weighted by Gasteiger charge is -2.13. The van der Waals surface area contributed by atoms with Crippen LogP contribution in [0.4, 0.5) is 5.95 Å². The number of rotatable bonds is 6. The fourth-order valence-corrected chi connectivity index (χ4v) is 4.45. The highest BCUT2D eigenvalue weighted by atomic mass is 35.5. The summed E-state index contributed by atoms with van der Waals surface area (Å²) in [5.41, 5.74) is 3.53. The van der Waals surface area contributed by atoms with Gasteiger partial charge in [-0.3, -0.25) is 10.1 Å². The first-order valence-electron chi connectivity index (χ1n) is 11.8. The zero-order valence-corrected chi connectivity index (χ0v) is 22.0. The molecular formula is C29H19Cl2N7O. The summed E-state index contributed by atoms with van der Waals surface area (Å²) in [6, 6.07) is 24.2. The third-order valence-corrected chi connectivity index (χ3v) is 6.50. The summed E-state index contributed by atoms with van der Waals surface area (Å²) >= 11 is 12.2. The Bertz CT molecular complexity index is 1770. The van der Waals surface area contributed by atoms with Crippen molar-refractivity contribution in [3.63, 3.8) is 0 Å². The molecule has 1 amide bonds. The minimum atomic E-state index is -1.26. The van der Waals surface area contributed by atoms with Crippen LogP contribution in [0.1, 0.15) is 28.6 Å². The standard InChI is InChI=1S/C29H19Cl2N7O/c1-17-25(14-12-18-11-13-20(30)15-24(18)31)33-29(38-35-17)34-28(39)23(16-32)27-22-10-6-5-9-21(22)26(36-37-27)19-7-3-2-4-8-19/h2-15,23H,1H3,(H,33,34,38,39)/b14-12+. The molecule has 39 heavy (non-hydrogen) atoms. The van der Waals surface area contributed by atoms with Gasteiger partial charge in [0.05, 0.1) is 23.2 Å². The summed E-state index contributed by atoms with van der Waals surface area (Å²) in [5.74, 6) is -1.96. The molecule has 0 aliphatic rings. The van der Waals surface area contributed by atoms with Crippen LogP contribution in [-0.2, 0) is 4.79 Å². The average Bonchev–Trinajstić information content (AvgIpc) is 2.95. The zero-order valence-electron chi connectivity index (χ0n) is 20.5. The molecule has 1 N–H and O–H groups in total. The third-order valence-electron chi connectivity index (χ3n) is 5.94. The predicted octanol–water partition coefficient (Wildman–Crippen LogP) is 6.51. The van der Waals surface area contributed by atoms with E-state index in [9.17, 15) is 10.1 Å². The maximum Gasteiger partial charge on any atom is 0.250 e. The van der Waals surface area contributed by atoms with Crippen molar-refractivity contribution in [3.8, 4) is 17.3 Å². The quantitative estimate of drug-likeness (QED) is 0.255. The Labute approximate surface area is 234 Å². The maximum atomic E-state index is 13.2. The first-order chi connectivity index (χ1) is 18.9. The number of hydrogen-bond acceptors (Lipinski definition) is 7. The van der Waals surface area contributed by atoms with E-state index in [0.29, 0.717) is 32.5 Å². The number of benzene rings is 3. The smallest absolute Gasteiger partial charge is 0.250 e. The Balaban J connectivity index is 1.43. The predicted molar refractivity (Wildman–Crippen MR) is 152 cm³/mol. The SMILES string of the molecule is Cc1nnc(NC(=O)C(C#N)c2nnc(-c3ccccc3)c3ccccc23)nc1/C=C/c1ccc(Cl)cc1Cl. The largest absolute Gasteiger partial charge is 0.292 e. The Kier molecular flexibility index (Phi) is 7.55. The number of anilines is 1. The average molecular weight is 552 g/mol. The second-order valence-electron chi connectivity index (χ2n) is 8.50. The minimum absolute atomic E-state index is 0.0501. The summed E-state index contributed by atoms with van der Waals surface area (Å²) in [7, 11) is 0. The summed E-state index contributed by atoms with van der Waals surface area (Å²) in [5, 5.41) is 31.7. The molecule has 2 heterocycles. The van der Waals surface area contributed by atoms with E-state index >= 15 is 0 Å². The highest BCUT2D eigenvalue weighted by Gasteiger charge is 2.26. The van der Waals surface area contributed by atoms with E-state index in [2.05, 4.69) is 30.7 Å². The molecule has 10 heteroatoms. The van der Waals surface area contributed by atoms with Crippen LogP contribution in [-0.4, -0.2) is 31.3 Å². The van der Waals surface area contributed by atoms with E-state index in [-0.39, 0.29) is 11.6 Å². The van der Waals surface area contributed by atoms with E-state index in [1.165, 1.54) is 0 Å². The van der Waals surface area contributed by atoms with Crippen LogP contribution < -0.4 is 5.32 Å². The number of carbonyl (C=O) groups is 1. The number of carbonyl (C=O) groups excluding carboxylic acids is 1. The van der Waals surface area contributed by atoms with Crippen LogP contribution in [0.3, 0.4) is 0 Å². The van der Waals surface area contributed by atoms with E-state index in [4.69, 9.17) is 23.2 Å². The van der Waals surface area contributed by atoms with Crippen molar-refractivity contribution in [3.05, 3.63) is 105 Å². The first kappa shape index (κ1) is 25.9. The lowest BCUT2D eigenvalue weighted by Crippen LogP contribution is -2.23. The lowest BCUT2D eigenvalue weighted by atomic mass is 9.97. The van der Waals surface area contributed by atoms with E-state index < -0.39 is 11.8 Å². The van der Waals surface area contributed by atoms with Gasteiger partial charge in [0.1, 0.15) is 5.69 Å². The summed E-state index contributed by atoms with van der Waals surface area (Å²) in [4.78, 5) is 17.6. The van der Waals surface area contributed by atoms with Crippen LogP contribution >= 0.6 is 23.2 Å². The Morgan fingerprint density at radius 1 is 0.923 bits per heavy atom. The maximum absolute atomic E-state index is 13.2. The Morgan fingerprint density at radius 2 is 1.67 bits per heavy atom. The van der Waals surface area contributed by atoms with Gasteiger partial charge in [0, 0.05) is 26.4 Å². The van der Waals surface area contributed by atoms with Crippen LogP contribution in [0.5, 0.6) is 0 Å². The molecular weight excluding hydrogens is 533 g/mol. The number of nitrogens with one attached hydrogen (secondary N) is 1. The van der Waals surface area contributed by atoms with Crippen molar-refractivity contribution in [2.24, 2.45) is 0 Å². The Hall–Kier alpha value is -4.71. The molecule has 0 fully saturated rings. The van der Waals surface area contributed by atoms with Gasteiger partial charge in [-0.05, 0) is 30.7 Å². The normalized spacial score (nSPS) is 11.8. The number of fused-ring (bicyclic) bond motifs is 1. The van der Waals surface area contributed by atoms with E-state index in [0.717, 1.165) is 16.5 Å². The number of nitriles is 1. The molecule has 0 radical (unpaired) electrons. The number of nitrogens with zero attached hydrogens (tertiary/aromatic N) is 6. The highest BCUT2D eigenvalue weighted by molar-refractivity contribution is 6.35. The van der Waals surface area contributed by atoms with Crippen LogP contribution in [0.15, 0.2) is 72.8 Å². The number of hydrogen-bond donors (Lipinski definition) is 1. The van der Waals surface area contributed by atoms with Gasteiger partial charge < -0.3 is 0 Å². The summed E-state index contributed by atoms with van der Waals surface area (Å²) in [6.07, 6.45) is 3.47. The molecule has 2 aromatic heterocycles. The fourth-order valence-electron chi connectivity index (χ4n) is 3.98. The Morgan fingerprint density at radius 3 is 2.41 bits per heavy atom. The number of halogens is 2. The van der Waals surface area contributed by atoms with Gasteiger partial charge in [-0.1, -0.05) is 89.9 Å². The van der Waals surface area contributed by atoms with Crippen LogP contribution in [0.25, 0.3) is 34.2 Å². The van der Waals surface area contributed by atoms with Crippen molar-refractivity contribution >= 4 is 58.0 Å². The van der Waals surface area contributed by atoms with Gasteiger partial charge in [0.2, 0.25) is 11.9 Å². The molecule has 190 valence electrons. The highest BCUT2D eigenvalue weighted by Crippen LogP contribution is 2.31. The number of amides is 1. The topological polar surface area (TPSA) is 117 Å². The molecule has 0 bridgehead atoms. The monoisotopic (exact) mass is 551 g/mol. The van der Waals surface area contributed by atoms with Crippen molar-refractivity contribution in [1.29, 1.82) is 5.26 Å². The van der Waals surface area contributed by atoms with E-state index in [1.807, 2.05) is 60.7 Å². The number of aromatic nitrogens is 5. The van der Waals surface area contributed by atoms with Crippen molar-refractivity contribution in [2.45, 2.75) is 12.8 Å². The second kappa shape index (κ2) is 11.4. The van der Waals surface area contributed by atoms with Gasteiger partial charge in [-0.25, -0.2) is 4.98 Å². The van der Waals surface area contributed by atoms with Gasteiger partial charge in [0.15, 0.2) is 5.92 Å². The van der Waals surface area contributed by atoms with Gasteiger partial charge in [-0.15, -0.1) is 15.3 Å². The molecule has 5 aromatic rings. The molecule has 0 aliphatic heterocycles. The van der Waals surface area contributed by atoms with Crippen molar-refractivity contribution < 1.29 is 4.79 Å². The molecule has 1 atom stereocenters. The molecule has 1 unspecified atom stereocenters.